The van der Waals surface area contributed by atoms with Gasteiger partial charge in [0, 0.05) is 19.0 Å². The number of ether oxygens (including phenoxy) is 1. The number of methoxy groups -OCH3 is 1. The Hall–Kier alpha value is -1.72. The Morgan fingerprint density at radius 3 is 3.00 bits per heavy atom. The molecule has 1 heterocycles. The van der Waals surface area contributed by atoms with Gasteiger partial charge in [0.25, 0.3) is 0 Å². The molecule has 0 spiro atoms. The zero-order valence-electron chi connectivity index (χ0n) is 10.3. The molecule has 0 aliphatic carbocycles. The van der Waals surface area contributed by atoms with Gasteiger partial charge < -0.3 is 15.2 Å². The van der Waals surface area contributed by atoms with Gasteiger partial charge in [-0.2, -0.15) is 0 Å². The molecule has 1 unspecified atom stereocenters. The van der Waals surface area contributed by atoms with Crippen molar-refractivity contribution >= 4 is 16.7 Å². The highest BCUT2D eigenvalue weighted by Gasteiger charge is 2.05. The first-order chi connectivity index (χ1) is 8.81. The molecule has 1 aromatic carbocycles. The van der Waals surface area contributed by atoms with Crippen LogP contribution in [0.2, 0.25) is 0 Å². The monoisotopic (exact) mass is 247 g/mol. The van der Waals surface area contributed by atoms with E-state index in [1.807, 2.05) is 24.3 Å². The van der Waals surface area contributed by atoms with Crippen molar-refractivity contribution in [1.29, 1.82) is 0 Å². The zero-order chi connectivity index (χ0) is 12.8. The molecule has 5 heteroatoms. The van der Waals surface area contributed by atoms with Crippen LogP contribution in [0.25, 0.3) is 10.9 Å². The van der Waals surface area contributed by atoms with Crippen molar-refractivity contribution in [1.82, 2.24) is 9.97 Å². The Labute approximate surface area is 106 Å². The highest BCUT2D eigenvalue weighted by atomic mass is 16.5. The second kappa shape index (κ2) is 6.28. The molecule has 0 bridgehead atoms. The van der Waals surface area contributed by atoms with Gasteiger partial charge >= 0.3 is 0 Å². The van der Waals surface area contributed by atoms with Gasteiger partial charge in [0.05, 0.1) is 18.2 Å². The summed E-state index contributed by atoms with van der Waals surface area (Å²) in [5, 5.41) is 13.7. The fourth-order valence-electron chi connectivity index (χ4n) is 1.78. The summed E-state index contributed by atoms with van der Waals surface area (Å²) in [5.74, 6) is 0.796. The molecule has 2 aromatic rings. The number of aliphatic hydroxyl groups excluding tert-OH is 1. The summed E-state index contributed by atoms with van der Waals surface area (Å²) in [6.07, 6.45) is 1.71. The number of benzene rings is 1. The summed E-state index contributed by atoms with van der Waals surface area (Å²) >= 11 is 0. The van der Waals surface area contributed by atoms with Crippen LogP contribution in [0.3, 0.4) is 0 Å². The van der Waals surface area contributed by atoms with Crippen LogP contribution in [0.5, 0.6) is 0 Å². The predicted molar refractivity (Wildman–Crippen MR) is 70.5 cm³/mol. The summed E-state index contributed by atoms with van der Waals surface area (Å²) in [6.45, 7) is 0.998. The Morgan fingerprint density at radius 1 is 1.33 bits per heavy atom. The summed E-state index contributed by atoms with van der Waals surface area (Å²) in [7, 11) is 1.58. The summed E-state index contributed by atoms with van der Waals surface area (Å²) < 4.78 is 4.87. The molecule has 5 nitrogen and oxygen atoms in total. The average molecular weight is 247 g/mol. The third-order valence-electron chi connectivity index (χ3n) is 2.67. The van der Waals surface area contributed by atoms with E-state index in [4.69, 9.17) is 4.74 Å². The average Bonchev–Trinajstić information content (AvgIpc) is 2.39. The Bertz CT molecular complexity index is 499. The minimum Gasteiger partial charge on any atom is -0.391 e. The molecule has 0 aliphatic heterocycles. The van der Waals surface area contributed by atoms with Crippen LogP contribution < -0.4 is 5.32 Å². The van der Waals surface area contributed by atoms with E-state index in [9.17, 15) is 5.11 Å². The topological polar surface area (TPSA) is 67.3 Å². The molecule has 0 fully saturated rings. The van der Waals surface area contributed by atoms with Crippen LogP contribution in [-0.2, 0) is 4.74 Å². The van der Waals surface area contributed by atoms with Crippen molar-refractivity contribution in [2.75, 3.05) is 25.6 Å². The minimum atomic E-state index is -0.449. The number of aliphatic hydroxyl groups is 1. The number of rotatable bonds is 6. The maximum Gasteiger partial charge on any atom is 0.137 e. The van der Waals surface area contributed by atoms with Crippen molar-refractivity contribution in [3.63, 3.8) is 0 Å². The molecule has 0 saturated heterocycles. The molecule has 18 heavy (non-hydrogen) atoms. The quantitative estimate of drug-likeness (QED) is 0.808. The molecule has 1 aromatic heterocycles. The molecule has 96 valence electrons. The Balaban J connectivity index is 1.99. The van der Waals surface area contributed by atoms with E-state index >= 15 is 0 Å². The van der Waals surface area contributed by atoms with Crippen molar-refractivity contribution in [2.24, 2.45) is 0 Å². The standard InChI is InChI=1S/C13H17N3O2/c1-18-8-10(17)6-7-14-13-11-4-2-3-5-12(11)15-9-16-13/h2-5,9-10,17H,6-8H2,1H3,(H,14,15,16). The maximum absolute atomic E-state index is 9.54. The second-order valence-electron chi connectivity index (χ2n) is 4.06. The minimum absolute atomic E-state index is 0.353. The Morgan fingerprint density at radius 2 is 2.17 bits per heavy atom. The van der Waals surface area contributed by atoms with E-state index in [0.717, 1.165) is 16.7 Å². The van der Waals surface area contributed by atoms with Gasteiger partial charge in [0.15, 0.2) is 0 Å². The fourth-order valence-corrected chi connectivity index (χ4v) is 1.78. The molecule has 2 rings (SSSR count). The number of fused-ring (bicyclic) bond motifs is 1. The third kappa shape index (κ3) is 3.15. The maximum atomic E-state index is 9.54. The Kier molecular flexibility index (Phi) is 4.44. The first kappa shape index (κ1) is 12.7. The van der Waals surface area contributed by atoms with Crippen LogP contribution in [0, 0.1) is 0 Å². The van der Waals surface area contributed by atoms with Crippen molar-refractivity contribution < 1.29 is 9.84 Å². The molecule has 1 atom stereocenters. The summed E-state index contributed by atoms with van der Waals surface area (Å²) in [5.41, 5.74) is 0.910. The molecule has 0 amide bonds. The van der Waals surface area contributed by atoms with Gasteiger partial charge in [-0.1, -0.05) is 12.1 Å². The van der Waals surface area contributed by atoms with Gasteiger partial charge in [-0.15, -0.1) is 0 Å². The number of anilines is 1. The van der Waals surface area contributed by atoms with E-state index < -0.39 is 6.10 Å². The number of hydrogen-bond donors (Lipinski definition) is 2. The lowest BCUT2D eigenvalue weighted by Crippen LogP contribution is -2.18. The van der Waals surface area contributed by atoms with Crippen molar-refractivity contribution in [3.05, 3.63) is 30.6 Å². The van der Waals surface area contributed by atoms with E-state index in [1.165, 1.54) is 6.33 Å². The van der Waals surface area contributed by atoms with Gasteiger partial charge in [0.1, 0.15) is 12.1 Å². The summed E-state index contributed by atoms with van der Waals surface area (Å²) in [4.78, 5) is 8.41. The smallest absolute Gasteiger partial charge is 0.137 e. The highest BCUT2D eigenvalue weighted by Crippen LogP contribution is 2.18. The number of aromatic nitrogens is 2. The number of hydrogen-bond acceptors (Lipinski definition) is 5. The number of nitrogens with one attached hydrogen (secondary N) is 1. The second-order valence-corrected chi connectivity index (χ2v) is 4.06. The van der Waals surface area contributed by atoms with Gasteiger partial charge in [-0.05, 0) is 18.6 Å². The lowest BCUT2D eigenvalue weighted by atomic mass is 10.2. The highest BCUT2D eigenvalue weighted by molar-refractivity contribution is 5.88. The normalized spacial score (nSPS) is 12.6. The molecule has 0 saturated carbocycles. The molecule has 2 N–H and O–H groups in total. The molecular weight excluding hydrogens is 230 g/mol. The fraction of sp³-hybridized carbons (Fsp3) is 0.385. The van der Waals surface area contributed by atoms with Crippen LogP contribution in [0.1, 0.15) is 6.42 Å². The van der Waals surface area contributed by atoms with Crippen molar-refractivity contribution in [2.45, 2.75) is 12.5 Å². The van der Waals surface area contributed by atoms with E-state index in [0.29, 0.717) is 19.6 Å². The lowest BCUT2D eigenvalue weighted by Gasteiger charge is -2.11. The first-order valence-electron chi connectivity index (χ1n) is 5.92. The van der Waals surface area contributed by atoms with Crippen LogP contribution in [0.15, 0.2) is 30.6 Å². The van der Waals surface area contributed by atoms with Crippen LogP contribution in [0.4, 0.5) is 5.82 Å². The van der Waals surface area contributed by atoms with Crippen LogP contribution >= 0.6 is 0 Å². The SMILES string of the molecule is COCC(O)CCNc1ncnc2ccccc12. The number of para-hydroxylation sites is 1. The number of nitrogens with zero attached hydrogens (tertiary/aromatic N) is 2. The first-order valence-corrected chi connectivity index (χ1v) is 5.92. The van der Waals surface area contributed by atoms with Gasteiger partial charge in [-0.3, -0.25) is 0 Å². The van der Waals surface area contributed by atoms with Crippen molar-refractivity contribution in [3.8, 4) is 0 Å². The predicted octanol–water partition coefficient (Wildman–Crippen LogP) is 1.44. The van der Waals surface area contributed by atoms with Crippen LogP contribution in [-0.4, -0.2) is 41.4 Å². The zero-order valence-corrected chi connectivity index (χ0v) is 10.3. The van der Waals surface area contributed by atoms with Gasteiger partial charge in [-0.25, -0.2) is 9.97 Å². The largest absolute Gasteiger partial charge is 0.391 e. The third-order valence-corrected chi connectivity index (χ3v) is 2.67. The lowest BCUT2D eigenvalue weighted by molar-refractivity contribution is 0.0615. The van der Waals surface area contributed by atoms with Gasteiger partial charge in [0.2, 0.25) is 0 Å². The molecular formula is C13H17N3O2. The molecule has 0 aliphatic rings. The summed E-state index contributed by atoms with van der Waals surface area (Å²) in [6, 6.07) is 7.82. The van der Waals surface area contributed by atoms with E-state index in [2.05, 4.69) is 15.3 Å². The van der Waals surface area contributed by atoms with E-state index in [-0.39, 0.29) is 0 Å². The molecule has 0 radical (unpaired) electrons. The van der Waals surface area contributed by atoms with E-state index in [1.54, 1.807) is 7.11 Å².